The van der Waals surface area contributed by atoms with E-state index in [-0.39, 0.29) is 0 Å². The van der Waals surface area contributed by atoms with Crippen LogP contribution in [0.5, 0.6) is 0 Å². The molecule has 0 bridgehead atoms. The lowest BCUT2D eigenvalue weighted by molar-refractivity contribution is 0.317. The van der Waals surface area contributed by atoms with E-state index >= 15 is 0 Å². The fourth-order valence-electron chi connectivity index (χ4n) is 2.66. The smallest absolute Gasteiger partial charge is 0.0991 e. The standard InChI is InChI=1S/C17H15N3O/c18-11-13-5-7-14(8-6-13)12-20-10-9-16(19-21)15-3-1-2-4-17(15)20/h1-8,21H,9-10,12H2. The summed E-state index contributed by atoms with van der Waals surface area (Å²) >= 11 is 0. The van der Waals surface area contributed by atoms with E-state index in [2.05, 4.69) is 16.1 Å². The predicted octanol–water partition coefficient (Wildman–Crippen LogP) is 3.15. The van der Waals surface area contributed by atoms with Gasteiger partial charge in [0.15, 0.2) is 0 Å². The van der Waals surface area contributed by atoms with Gasteiger partial charge in [-0.15, -0.1) is 0 Å². The van der Waals surface area contributed by atoms with Crippen LogP contribution in [-0.4, -0.2) is 17.5 Å². The Morgan fingerprint density at radius 1 is 1.14 bits per heavy atom. The molecule has 21 heavy (non-hydrogen) atoms. The number of hydrogen-bond donors (Lipinski definition) is 1. The second-order valence-corrected chi connectivity index (χ2v) is 5.04. The molecule has 0 aliphatic carbocycles. The van der Waals surface area contributed by atoms with Crippen molar-refractivity contribution in [1.29, 1.82) is 5.26 Å². The van der Waals surface area contributed by atoms with Gasteiger partial charge in [0, 0.05) is 30.8 Å². The number of fused-ring (bicyclic) bond motifs is 1. The van der Waals surface area contributed by atoms with Crippen LogP contribution >= 0.6 is 0 Å². The highest BCUT2D eigenvalue weighted by Gasteiger charge is 2.21. The number of nitrogens with zero attached hydrogens (tertiary/aromatic N) is 3. The zero-order valence-electron chi connectivity index (χ0n) is 11.5. The Kier molecular flexibility index (Phi) is 3.57. The molecule has 0 amide bonds. The van der Waals surface area contributed by atoms with E-state index in [1.54, 1.807) is 0 Å². The molecule has 2 aromatic carbocycles. The zero-order chi connectivity index (χ0) is 14.7. The molecule has 4 nitrogen and oxygen atoms in total. The zero-order valence-corrected chi connectivity index (χ0v) is 11.5. The number of oxime groups is 1. The Hall–Kier alpha value is -2.80. The summed E-state index contributed by atoms with van der Waals surface area (Å²) < 4.78 is 0. The van der Waals surface area contributed by atoms with Crippen molar-refractivity contribution in [3.63, 3.8) is 0 Å². The number of benzene rings is 2. The summed E-state index contributed by atoms with van der Waals surface area (Å²) in [7, 11) is 0. The van der Waals surface area contributed by atoms with Crippen molar-refractivity contribution in [2.24, 2.45) is 5.16 Å². The molecule has 0 saturated heterocycles. The van der Waals surface area contributed by atoms with E-state index < -0.39 is 0 Å². The van der Waals surface area contributed by atoms with Crippen LogP contribution in [0.15, 0.2) is 53.7 Å². The van der Waals surface area contributed by atoms with Crippen molar-refractivity contribution in [1.82, 2.24) is 0 Å². The van der Waals surface area contributed by atoms with Crippen molar-refractivity contribution in [3.8, 4) is 6.07 Å². The SMILES string of the molecule is N#Cc1ccc(CN2CCC(=NO)c3ccccc32)cc1. The van der Waals surface area contributed by atoms with Crippen molar-refractivity contribution in [2.45, 2.75) is 13.0 Å². The van der Waals surface area contributed by atoms with Crippen molar-refractivity contribution < 1.29 is 5.21 Å². The largest absolute Gasteiger partial charge is 0.411 e. The molecule has 2 aromatic rings. The lowest BCUT2D eigenvalue weighted by atomic mass is 9.99. The summed E-state index contributed by atoms with van der Waals surface area (Å²) in [4.78, 5) is 2.27. The molecule has 3 rings (SSSR count). The Labute approximate surface area is 123 Å². The third-order valence-corrected chi connectivity index (χ3v) is 3.75. The summed E-state index contributed by atoms with van der Waals surface area (Å²) in [5.74, 6) is 0. The molecule has 0 spiro atoms. The predicted molar refractivity (Wildman–Crippen MR) is 81.6 cm³/mol. The van der Waals surface area contributed by atoms with Crippen LogP contribution < -0.4 is 4.90 Å². The Balaban J connectivity index is 1.88. The summed E-state index contributed by atoms with van der Waals surface area (Å²) in [6.45, 7) is 1.60. The van der Waals surface area contributed by atoms with Crippen LogP contribution in [0.3, 0.4) is 0 Å². The number of anilines is 1. The molecule has 0 saturated carbocycles. The first-order chi connectivity index (χ1) is 10.3. The highest BCUT2D eigenvalue weighted by Crippen LogP contribution is 2.28. The maximum Gasteiger partial charge on any atom is 0.0991 e. The fraction of sp³-hybridized carbons (Fsp3) is 0.176. The molecule has 4 heteroatoms. The molecule has 1 heterocycles. The lowest BCUT2D eigenvalue weighted by Gasteiger charge is -2.31. The van der Waals surface area contributed by atoms with Gasteiger partial charge in [0.1, 0.15) is 0 Å². The minimum absolute atomic E-state index is 0.674. The third kappa shape index (κ3) is 2.59. The second-order valence-electron chi connectivity index (χ2n) is 5.04. The normalized spacial score (nSPS) is 15.6. The molecular weight excluding hydrogens is 262 g/mol. The average Bonchev–Trinajstić information content (AvgIpc) is 2.56. The molecule has 0 fully saturated rings. The van der Waals surface area contributed by atoms with Gasteiger partial charge in [-0.25, -0.2) is 0 Å². The van der Waals surface area contributed by atoms with Crippen LogP contribution in [0.1, 0.15) is 23.1 Å². The van der Waals surface area contributed by atoms with Gasteiger partial charge in [0.05, 0.1) is 17.3 Å². The maximum absolute atomic E-state index is 9.11. The van der Waals surface area contributed by atoms with Crippen molar-refractivity contribution in [3.05, 3.63) is 65.2 Å². The van der Waals surface area contributed by atoms with Crippen LogP contribution in [0.2, 0.25) is 0 Å². The summed E-state index contributed by atoms with van der Waals surface area (Å²) in [6, 6.07) is 17.7. The maximum atomic E-state index is 9.11. The Morgan fingerprint density at radius 3 is 2.62 bits per heavy atom. The monoisotopic (exact) mass is 277 g/mol. The third-order valence-electron chi connectivity index (χ3n) is 3.75. The first-order valence-corrected chi connectivity index (χ1v) is 6.86. The van der Waals surface area contributed by atoms with Gasteiger partial charge in [0.2, 0.25) is 0 Å². The molecule has 1 aliphatic heterocycles. The minimum atomic E-state index is 0.674. The highest BCUT2D eigenvalue weighted by atomic mass is 16.4. The summed E-state index contributed by atoms with van der Waals surface area (Å²) in [6.07, 6.45) is 0.726. The minimum Gasteiger partial charge on any atom is -0.411 e. The van der Waals surface area contributed by atoms with E-state index in [9.17, 15) is 0 Å². The van der Waals surface area contributed by atoms with E-state index in [1.807, 2.05) is 48.5 Å². The van der Waals surface area contributed by atoms with E-state index in [4.69, 9.17) is 10.5 Å². The molecule has 0 radical (unpaired) electrons. The second kappa shape index (κ2) is 5.68. The molecule has 1 N–H and O–H groups in total. The lowest BCUT2D eigenvalue weighted by Crippen LogP contribution is -2.31. The molecule has 104 valence electrons. The number of nitriles is 1. The average molecular weight is 277 g/mol. The van der Waals surface area contributed by atoms with Gasteiger partial charge in [0.25, 0.3) is 0 Å². The topological polar surface area (TPSA) is 59.6 Å². The Morgan fingerprint density at radius 2 is 1.90 bits per heavy atom. The number of rotatable bonds is 2. The highest BCUT2D eigenvalue weighted by molar-refractivity contribution is 6.06. The molecule has 0 unspecified atom stereocenters. The first kappa shape index (κ1) is 13.2. The number of para-hydroxylation sites is 1. The van der Waals surface area contributed by atoms with Gasteiger partial charge in [-0.05, 0) is 23.8 Å². The summed E-state index contributed by atoms with van der Waals surface area (Å²) in [5, 5.41) is 21.4. The van der Waals surface area contributed by atoms with Crippen LogP contribution in [0, 0.1) is 11.3 Å². The van der Waals surface area contributed by atoms with Crippen molar-refractivity contribution in [2.75, 3.05) is 11.4 Å². The van der Waals surface area contributed by atoms with E-state index in [1.165, 1.54) is 0 Å². The quantitative estimate of drug-likeness (QED) is 0.677. The fourth-order valence-corrected chi connectivity index (χ4v) is 2.66. The van der Waals surface area contributed by atoms with Crippen LogP contribution in [-0.2, 0) is 6.54 Å². The van der Waals surface area contributed by atoms with Crippen LogP contribution in [0.25, 0.3) is 0 Å². The molecular formula is C17H15N3O. The van der Waals surface area contributed by atoms with Crippen LogP contribution in [0.4, 0.5) is 5.69 Å². The van der Waals surface area contributed by atoms with E-state index in [0.29, 0.717) is 5.56 Å². The Bertz CT molecular complexity index is 714. The molecule has 0 aromatic heterocycles. The van der Waals surface area contributed by atoms with Gasteiger partial charge in [-0.1, -0.05) is 35.5 Å². The van der Waals surface area contributed by atoms with Crippen molar-refractivity contribution >= 4 is 11.4 Å². The van der Waals surface area contributed by atoms with Gasteiger partial charge < -0.3 is 10.1 Å². The van der Waals surface area contributed by atoms with E-state index in [0.717, 1.165) is 42.0 Å². The van der Waals surface area contributed by atoms with Gasteiger partial charge in [-0.3, -0.25) is 0 Å². The molecule has 1 aliphatic rings. The molecule has 0 atom stereocenters. The van der Waals surface area contributed by atoms with Gasteiger partial charge >= 0.3 is 0 Å². The first-order valence-electron chi connectivity index (χ1n) is 6.86. The number of hydrogen-bond acceptors (Lipinski definition) is 4. The van der Waals surface area contributed by atoms with Gasteiger partial charge in [-0.2, -0.15) is 5.26 Å². The summed E-state index contributed by atoms with van der Waals surface area (Å²) in [5.41, 5.74) is 4.64.